The summed E-state index contributed by atoms with van der Waals surface area (Å²) in [7, 11) is 1.71. The Morgan fingerprint density at radius 1 is 1.33 bits per heavy atom. The van der Waals surface area contributed by atoms with Crippen LogP contribution in [0.1, 0.15) is 5.56 Å². The van der Waals surface area contributed by atoms with Gasteiger partial charge in [0.2, 0.25) is 0 Å². The van der Waals surface area contributed by atoms with E-state index in [1.165, 1.54) is 0 Å². The van der Waals surface area contributed by atoms with Crippen LogP contribution in [0.25, 0.3) is 0 Å². The first-order valence-corrected chi connectivity index (χ1v) is 6.48. The Morgan fingerprint density at radius 2 is 2.11 bits per heavy atom. The summed E-state index contributed by atoms with van der Waals surface area (Å²) in [5.74, 6) is 0.936. The van der Waals surface area contributed by atoms with E-state index in [1.54, 1.807) is 7.11 Å². The molecule has 0 radical (unpaired) electrons. The molecule has 1 aromatic rings. The number of nitrogens with one attached hydrogen (secondary N) is 1. The van der Waals surface area contributed by atoms with Crippen molar-refractivity contribution >= 4 is 5.69 Å². The lowest BCUT2D eigenvalue weighted by Gasteiger charge is -2.26. The first kappa shape index (κ1) is 13.2. The molecule has 0 unspecified atom stereocenters. The normalized spacial score (nSPS) is 16.6. The number of nitrogens with zero attached hydrogens (tertiary/aromatic N) is 1. The van der Waals surface area contributed by atoms with E-state index in [0.29, 0.717) is 0 Å². The monoisotopic (exact) mass is 250 g/mol. The van der Waals surface area contributed by atoms with Crippen molar-refractivity contribution in [3.8, 4) is 5.75 Å². The van der Waals surface area contributed by atoms with Gasteiger partial charge in [-0.15, -0.1) is 0 Å². The van der Waals surface area contributed by atoms with Crippen molar-refractivity contribution in [1.29, 1.82) is 0 Å². The van der Waals surface area contributed by atoms with Crippen LogP contribution in [-0.2, 0) is 4.74 Å². The van der Waals surface area contributed by atoms with E-state index in [0.717, 1.165) is 56.4 Å². The van der Waals surface area contributed by atoms with Crippen LogP contribution in [0.4, 0.5) is 5.69 Å². The lowest BCUT2D eigenvalue weighted by atomic mass is 10.2. The SMILES string of the molecule is COc1cc(NCCN2CCOCC2)ccc1C. The van der Waals surface area contributed by atoms with Gasteiger partial charge in [-0.3, -0.25) is 4.90 Å². The molecule has 2 rings (SSSR count). The molecule has 100 valence electrons. The summed E-state index contributed by atoms with van der Waals surface area (Å²) in [5, 5.41) is 3.43. The Morgan fingerprint density at radius 3 is 2.83 bits per heavy atom. The summed E-state index contributed by atoms with van der Waals surface area (Å²) < 4.78 is 10.6. The topological polar surface area (TPSA) is 33.7 Å². The number of rotatable bonds is 5. The minimum Gasteiger partial charge on any atom is -0.496 e. The zero-order valence-corrected chi connectivity index (χ0v) is 11.2. The molecule has 4 nitrogen and oxygen atoms in total. The van der Waals surface area contributed by atoms with Gasteiger partial charge in [-0.05, 0) is 18.6 Å². The fraction of sp³-hybridized carbons (Fsp3) is 0.571. The third-order valence-electron chi connectivity index (χ3n) is 3.27. The highest BCUT2D eigenvalue weighted by molar-refractivity contribution is 5.51. The molecule has 0 atom stereocenters. The van der Waals surface area contributed by atoms with E-state index >= 15 is 0 Å². The van der Waals surface area contributed by atoms with Crippen LogP contribution in [-0.4, -0.2) is 51.4 Å². The molecule has 4 heteroatoms. The van der Waals surface area contributed by atoms with Gasteiger partial charge in [-0.2, -0.15) is 0 Å². The summed E-state index contributed by atoms with van der Waals surface area (Å²) in [6.07, 6.45) is 0. The average Bonchev–Trinajstić information content (AvgIpc) is 2.42. The van der Waals surface area contributed by atoms with Gasteiger partial charge in [0.05, 0.1) is 20.3 Å². The van der Waals surface area contributed by atoms with Crippen molar-refractivity contribution in [2.45, 2.75) is 6.92 Å². The van der Waals surface area contributed by atoms with Gasteiger partial charge in [0, 0.05) is 37.9 Å². The maximum absolute atomic E-state index is 5.33. The molecule has 1 aromatic carbocycles. The molecule has 1 aliphatic heterocycles. The van der Waals surface area contributed by atoms with Crippen LogP contribution in [0.5, 0.6) is 5.75 Å². The number of hydrogen-bond acceptors (Lipinski definition) is 4. The fourth-order valence-electron chi connectivity index (χ4n) is 2.11. The summed E-state index contributed by atoms with van der Waals surface area (Å²) >= 11 is 0. The average molecular weight is 250 g/mol. The number of morpholine rings is 1. The van der Waals surface area contributed by atoms with Crippen LogP contribution in [0.3, 0.4) is 0 Å². The third kappa shape index (κ3) is 3.62. The van der Waals surface area contributed by atoms with Gasteiger partial charge in [0.15, 0.2) is 0 Å². The predicted octanol–water partition coefficient (Wildman–Crippen LogP) is 1.75. The van der Waals surface area contributed by atoms with E-state index < -0.39 is 0 Å². The summed E-state index contributed by atoms with van der Waals surface area (Å²) in [6, 6.07) is 6.22. The van der Waals surface area contributed by atoms with Crippen molar-refractivity contribution in [2.24, 2.45) is 0 Å². The maximum Gasteiger partial charge on any atom is 0.123 e. The smallest absolute Gasteiger partial charge is 0.123 e. The van der Waals surface area contributed by atoms with E-state index in [2.05, 4.69) is 35.3 Å². The van der Waals surface area contributed by atoms with Crippen LogP contribution < -0.4 is 10.1 Å². The van der Waals surface area contributed by atoms with Gasteiger partial charge in [0.25, 0.3) is 0 Å². The van der Waals surface area contributed by atoms with Crippen molar-refractivity contribution in [3.05, 3.63) is 23.8 Å². The lowest BCUT2D eigenvalue weighted by Crippen LogP contribution is -2.38. The van der Waals surface area contributed by atoms with Gasteiger partial charge >= 0.3 is 0 Å². The predicted molar refractivity (Wildman–Crippen MR) is 73.5 cm³/mol. The minimum absolute atomic E-state index is 0.859. The van der Waals surface area contributed by atoms with Gasteiger partial charge < -0.3 is 14.8 Å². The Hall–Kier alpha value is -1.26. The van der Waals surface area contributed by atoms with E-state index in [1.807, 2.05) is 0 Å². The molecular weight excluding hydrogens is 228 g/mol. The number of hydrogen-bond donors (Lipinski definition) is 1. The highest BCUT2D eigenvalue weighted by Crippen LogP contribution is 2.21. The quantitative estimate of drug-likeness (QED) is 0.863. The molecule has 0 aliphatic carbocycles. The number of benzene rings is 1. The van der Waals surface area contributed by atoms with Crippen LogP contribution in [0.2, 0.25) is 0 Å². The van der Waals surface area contributed by atoms with Gasteiger partial charge in [-0.1, -0.05) is 6.07 Å². The molecule has 0 saturated carbocycles. The summed E-state index contributed by atoms with van der Waals surface area (Å²) in [6.45, 7) is 7.86. The van der Waals surface area contributed by atoms with E-state index in [4.69, 9.17) is 9.47 Å². The molecule has 0 spiro atoms. The summed E-state index contributed by atoms with van der Waals surface area (Å²) in [4.78, 5) is 2.42. The van der Waals surface area contributed by atoms with E-state index in [-0.39, 0.29) is 0 Å². The van der Waals surface area contributed by atoms with Gasteiger partial charge in [0.1, 0.15) is 5.75 Å². The minimum atomic E-state index is 0.859. The second-order valence-corrected chi connectivity index (χ2v) is 4.57. The summed E-state index contributed by atoms with van der Waals surface area (Å²) in [5.41, 5.74) is 2.28. The van der Waals surface area contributed by atoms with Crippen molar-refractivity contribution in [2.75, 3.05) is 51.8 Å². The molecule has 1 heterocycles. The van der Waals surface area contributed by atoms with Crippen molar-refractivity contribution in [1.82, 2.24) is 4.90 Å². The molecule has 1 fully saturated rings. The Balaban J connectivity index is 1.79. The Kier molecular flexibility index (Phi) is 4.84. The molecule has 1 N–H and O–H groups in total. The van der Waals surface area contributed by atoms with Crippen LogP contribution >= 0.6 is 0 Å². The largest absolute Gasteiger partial charge is 0.496 e. The molecular formula is C14H22N2O2. The zero-order chi connectivity index (χ0) is 12.8. The first-order chi connectivity index (χ1) is 8.79. The Labute approximate surface area is 109 Å². The molecule has 0 aromatic heterocycles. The third-order valence-corrected chi connectivity index (χ3v) is 3.27. The highest BCUT2D eigenvalue weighted by Gasteiger charge is 2.09. The number of methoxy groups -OCH3 is 1. The highest BCUT2D eigenvalue weighted by atomic mass is 16.5. The van der Waals surface area contributed by atoms with Crippen LogP contribution in [0, 0.1) is 6.92 Å². The standard InChI is InChI=1S/C14H22N2O2/c1-12-3-4-13(11-14(12)17-2)15-5-6-16-7-9-18-10-8-16/h3-4,11,15H,5-10H2,1-2H3. The number of ether oxygens (including phenoxy) is 2. The molecule has 0 amide bonds. The van der Waals surface area contributed by atoms with Crippen molar-refractivity contribution in [3.63, 3.8) is 0 Å². The van der Waals surface area contributed by atoms with Gasteiger partial charge in [-0.25, -0.2) is 0 Å². The lowest BCUT2D eigenvalue weighted by molar-refractivity contribution is 0.0398. The van der Waals surface area contributed by atoms with E-state index in [9.17, 15) is 0 Å². The van der Waals surface area contributed by atoms with Crippen molar-refractivity contribution < 1.29 is 9.47 Å². The zero-order valence-electron chi connectivity index (χ0n) is 11.2. The number of anilines is 1. The number of aryl methyl sites for hydroxylation is 1. The molecule has 18 heavy (non-hydrogen) atoms. The maximum atomic E-state index is 5.33. The fourth-order valence-corrected chi connectivity index (χ4v) is 2.11. The molecule has 1 aliphatic rings. The molecule has 1 saturated heterocycles. The van der Waals surface area contributed by atoms with Crippen LogP contribution in [0.15, 0.2) is 18.2 Å². The second kappa shape index (κ2) is 6.61. The second-order valence-electron chi connectivity index (χ2n) is 4.57. The Bertz CT molecular complexity index is 376. The molecule has 0 bridgehead atoms. The first-order valence-electron chi connectivity index (χ1n) is 6.48.